The molecule has 0 saturated carbocycles. The molecule has 6 rings (SSSR count). The van der Waals surface area contributed by atoms with Gasteiger partial charge in [0.1, 0.15) is 24.4 Å². The second-order valence-corrected chi connectivity index (χ2v) is 13.1. The summed E-state index contributed by atoms with van der Waals surface area (Å²) >= 11 is 6.71. The lowest BCUT2D eigenvalue weighted by molar-refractivity contribution is -0.384. The molecule has 5 aromatic carbocycles. The van der Waals surface area contributed by atoms with Crippen LogP contribution >= 0.6 is 11.6 Å². The van der Waals surface area contributed by atoms with E-state index in [2.05, 4.69) is 0 Å². The Bertz CT molecular complexity index is 1900. The van der Waals surface area contributed by atoms with E-state index in [0.29, 0.717) is 16.1 Å². The Labute approximate surface area is 314 Å². The molecular weight excluding hydrogens is 702 g/mol. The summed E-state index contributed by atoms with van der Waals surface area (Å²) in [5.41, 5.74) is 3.79. The Morgan fingerprint density at radius 3 is 1.81 bits per heavy atom. The predicted molar refractivity (Wildman–Crippen MR) is 197 cm³/mol. The molecule has 0 bridgehead atoms. The van der Waals surface area contributed by atoms with Gasteiger partial charge in [0, 0.05) is 24.1 Å². The molecule has 0 aliphatic carbocycles. The van der Waals surface area contributed by atoms with E-state index in [0.717, 1.165) is 16.7 Å². The number of aliphatic hydroxyl groups is 1. The van der Waals surface area contributed by atoms with Gasteiger partial charge in [-0.15, -0.1) is 0 Å². The van der Waals surface area contributed by atoms with Gasteiger partial charge in [-0.1, -0.05) is 115 Å². The van der Waals surface area contributed by atoms with Gasteiger partial charge >= 0.3 is 0 Å². The van der Waals surface area contributed by atoms with Crippen LogP contribution in [0.1, 0.15) is 40.3 Å². The number of hydrogen-bond acceptors (Lipinski definition) is 7. The second-order valence-electron chi connectivity index (χ2n) is 12.7. The van der Waals surface area contributed by atoms with Crippen LogP contribution in [0.15, 0.2) is 121 Å². The maximum absolute atomic E-state index is 15.3. The minimum Gasteiger partial charge on any atom is -0.491 e. The molecule has 0 aromatic heterocycles. The van der Waals surface area contributed by atoms with Crippen LogP contribution in [0.2, 0.25) is 5.02 Å². The predicted octanol–water partition coefficient (Wildman–Crippen LogP) is 8.55. The number of benzene rings is 5. The van der Waals surface area contributed by atoms with Crippen molar-refractivity contribution >= 4 is 11.6 Å². The first kappa shape index (κ1) is 38.5. The molecule has 5 aromatic rings. The van der Waals surface area contributed by atoms with Crippen LogP contribution in [0.25, 0.3) is 0 Å². The van der Waals surface area contributed by atoms with E-state index in [4.69, 9.17) is 40.0 Å². The van der Waals surface area contributed by atoms with Crippen LogP contribution in [-0.4, -0.2) is 49.8 Å². The third-order valence-electron chi connectivity index (χ3n) is 9.27. The quantitative estimate of drug-likeness (QED) is 0.109. The first-order valence-corrected chi connectivity index (χ1v) is 17.9. The van der Waals surface area contributed by atoms with Gasteiger partial charge in [-0.2, -0.15) is 4.39 Å². The minimum absolute atomic E-state index is 0.0443. The molecule has 1 saturated heterocycles. The zero-order valence-electron chi connectivity index (χ0n) is 29.6. The smallest absolute Gasteiger partial charge is 0.225 e. The molecule has 0 spiro atoms. The average molecular weight is 745 g/mol. The van der Waals surface area contributed by atoms with E-state index >= 15 is 4.39 Å². The maximum Gasteiger partial charge on any atom is 0.225 e. The van der Waals surface area contributed by atoms with Gasteiger partial charge in [0.2, 0.25) is 11.6 Å². The average Bonchev–Trinajstić information content (AvgIpc) is 3.20. The van der Waals surface area contributed by atoms with Gasteiger partial charge in [-0.25, -0.2) is 4.39 Å². The molecule has 1 aliphatic heterocycles. The second kappa shape index (κ2) is 18.2. The highest BCUT2D eigenvalue weighted by atomic mass is 35.5. The summed E-state index contributed by atoms with van der Waals surface area (Å²) in [7, 11) is 1.49. The Hall–Kier alpha value is -4.19. The molecule has 0 unspecified atom stereocenters. The fourth-order valence-corrected chi connectivity index (χ4v) is 6.79. The van der Waals surface area contributed by atoms with Crippen molar-refractivity contribution in [2.75, 3.05) is 20.3 Å². The summed E-state index contributed by atoms with van der Waals surface area (Å²) in [5, 5.41) is 11.2. The van der Waals surface area contributed by atoms with Crippen molar-refractivity contribution in [2.45, 2.75) is 63.4 Å². The Morgan fingerprint density at radius 1 is 0.698 bits per heavy atom. The summed E-state index contributed by atoms with van der Waals surface area (Å²) in [6, 6.07) is 37.0. The summed E-state index contributed by atoms with van der Waals surface area (Å²) in [6.45, 7) is 2.04. The topological polar surface area (TPSA) is 75.6 Å². The summed E-state index contributed by atoms with van der Waals surface area (Å²) < 4.78 is 68.6. The minimum atomic E-state index is -1.68. The molecule has 0 amide bonds. The molecule has 5 atom stereocenters. The Morgan fingerprint density at radius 2 is 1.26 bits per heavy atom. The number of ether oxygens (including phenoxy) is 6. The zero-order chi connectivity index (χ0) is 37.2. The number of hydrogen-bond donors (Lipinski definition) is 1. The lowest BCUT2D eigenvalue weighted by Gasteiger charge is -2.52. The van der Waals surface area contributed by atoms with Gasteiger partial charge < -0.3 is 33.5 Å². The normalized spacial score (nSPS) is 21.4. The molecule has 53 heavy (non-hydrogen) atoms. The molecule has 278 valence electrons. The van der Waals surface area contributed by atoms with Gasteiger partial charge in [-0.05, 0) is 52.9 Å². The van der Waals surface area contributed by atoms with Crippen molar-refractivity contribution in [3.05, 3.63) is 171 Å². The van der Waals surface area contributed by atoms with Crippen molar-refractivity contribution < 1.29 is 42.3 Å². The van der Waals surface area contributed by atoms with E-state index in [1.807, 2.05) is 91.0 Å². The highest BCUT2D eigenvalue weighted by Gasteiger charge is 2.58. The van der Waals surface area contributed by atoms with E-state index in [-0.39, 0.29) is 44.2 Å². The fraction of sp³-hybridized carbons (Fsp3) is 0.302. The lowest BCUT2D eigenvalue weighted by atomic mass is 9.86. The Kier molecular flexibility index (Phi) is 13.3. The van der Waals surface area contributed by atoms with E-state index in [1.165, 1.54) is 19.2 Å². The zero-order valence-corrected chi connectivity index (χ0v) is 30.4. The van der Waals surface area contributed by atoms with Crippen molar-refractivity contribution in [3.8, 4) is 5.75 Å². The molecular formula is C43H43ClF2O7. The third kappa shape index (κ3) is 8.96. The first-order chi connectivity index (χ1) is 25.9. The van der Waals surface area contributed by atoms with Crippen LogP contribution in [0.3, 0.4) is 0 Å². The van der Waals surface area contributed by atoms with Crippen LogP contribution in [0.4, 0.5) is 8.78 Å². The number of aliphatic hydroxyl groups excluding tert-OH is 1. The number of rotatable bonds is 16. The number of methoxy groups -OCH3 is 1. The lowest BCUT2D eigenvalue weighted by Crippen LogP contribution is -2.66. The van der Waals surface area contributed by atoms with Crippen molar-refractivity contribution in [3.63, 3.8) is 0 Å². The molecule has 1 heterocycles. The molecule has 0 radical (unpaired) electrons. The van der Waals surface area contributed by atoms with Crippen molar-refractivity contribution in [2.24, 2.45) is 0 Å². The van der Waals surface area contributed by atoms with E-state index in [9.17, 15) is 9.50 Å². The van der Waals surface area contributed by atoms with Crippen LogP contribution in [-0.2, 0) is 55.7 Å². The Balaban J connectivity index is 1.42. The van der Waals surface area contributed by atoms with Crippen LogP contribution < -0.4 is 4.74 Å². The van der Waals surface area contributed by atoms with Crippen LogP contribution in [0.5, 0.6) is 5.75 Å². The summed E-state index contributed by atoms with van der Waals surface area (Å²) in [6.07, 6.45) is -3.61. The maximum atomic E-state index is 15.3. The standard InChI is InChI=1S/C43H43ClF2O7/c1-3-49-36-22-19-32(38(45)39(36)46)23-33-24-34(20-21-35(33)44)43(48-2)42(52-28-31-17-11-6-12-18-31)41(51-27-30-15-9-5-10-16-30)40(37(25-47)53-43)50-26-29-13-7-4-8-14-29/h4-22,24,37,40-42,47H,3,23,25-28H2,1-2H3/t37-,40-,41-,42+,43-/m0/s1. The highest BCUT2D eigenvalue weighted by molar-refractivity contribution is 6.31. The summed E-state index contributed by atoms with van der Waals surface area (Å²) in [4.78, 5) is 0. The van der Waals surface area contributed by atoms with E-state index in [1.54, 1.807) is 25.1 Å². The third-order valence-corrected chi connectivity index (χ3v) is 9.64. The molecule has 10 heteroatoms. The van der Waals surface area contributed by atoms with E-state index < -0.39 is 48.4 Å². The van der Waals surface area contributed by atoms with Gasteiger partial charge in [-0.3, -0.25) is 0 Å². The largest absolute Gasteiger partial charge is 0.491 e. The SMILES string of the molecule is CCOc1ccc(Cc2cc([C@]3(OC)O[C@@H](CO)[C@H](OCc4ccccc4)[C@H](OCc4ccccc4)[C@H]3OCc3ccccc3)ccc2Cl)c(F)c1F. The van der Waals surface area contributed by atoms with Gasteiger partial charge in [0.05, 0.1) is 33.0 Å². The molecule has 1 fully saturated rings. The van der Waals surface area contributed by atoms with Gasteiger partial charge in [0.25, 0.3) is 0 Å². The molecule has 7 nitrogen and oxygen atoms in total. The monoisotopic (exact) mass is 744 g/mol. The van der Waals surface area contributed by atoms with Crippen molar-refractivity contribution in [1.82, 2.24) is 0 Å². The number of halogens is 3. The fourth-order valence-electron chi connectivity index (χ4n) is 6.60. The first-order valence-electron chi connectivity index (χ1n) is 17.6. The summed E-state index contributed by atoms with van der Waals surface area (Å²) in [5.74, 6) is -3.94. The molecule has 1 N–H and O–H groups in total. The van der Waals surface area contributed by atoms with Gasteiger partial charge in [0.15, 0.2) is 11.6 Å². The highest BCUT2D eigenvalue weighted by Crippen LogP contribution is 2.44. The van der Waals surface area contributed by atoms with Crippen LogP contribution in [0, 0.1) is 11.6 Å². The molecule has 1 aliphatic rings. The van der Waals surface area contributed by atoms with Crippen molar-refractivity contribution in [1.29, 1.82) is 0 Å².